The van der Waals surface area contributed by atoms with E-state index in [1.807, 2.05) is 6.07 Å². The van der Waals surface area contributed by atoms with Crippen LogP contribution in [0.25, 0.3) is 0 Å². The van der Waals surface area contributed by atoms with E-state index in [9.17, 15) is 4.79 Å². The van der Waals surface area contributed by atoms with E-state index in [-0.39, 0.29) is 18.3 Å². The lowest BCUT2D eigenvalue weighted by Gasteiger charge is -2.08. The van der Waals surface area contributed by atoms with Gasteiger partial charge in [0.15, 0.2) is 0 Å². The first kappa shape index (κ1) is 14.0. The highest BCUT2D eigenvalue weighted by Crippen LogP contribution is 2.26. The molecule has 1 aromatic carbocycles. The zero-order valence-electron chi connectivity index (χ0n) is 9.30. The van der Waals surface area contributed by atoms with E-state index in [4.69, 9.17) is 21.6 Å². The molecule has 0 aliphatic carbocycles. The van der Waals surface area contributed by atoms with Crippen LogP contribution in [0.5, 0.6) is 0 Å². The zero-order valence-corrected chi connectivity index (χ0v) is 11.6. The van der Waals surface area contributed by atoms with E-state index in [1.165, 1.54) is 0 Å². The van der Waals surface area contributed by atoms with Crippen molar-refractivity contribution >= 4 is 33.5 Å². The Morgan fingerprint density at radius 2 is 2.18 bits per heavy atom. The van der Waals surface area contributed by atoms with E-state index < -0.39 is 0 Å². The Kier molecular flexibility index (Phi) is 5.46. The van der Waals surface area contributed by atoms with Gasteiger partial charge in [-0.1, -0.05) is 15.9 Å². The van der Waals surface area contributed by atoms with Crippen LogP contribution in [0.2, 0.25) is 0 Å². The highest BCUT2D eigenvalue weighted by atomic mass is 79.9. The zero-order chi connectivity index (χ0) is 12.8. The molecule has 1 aromatic rings. The molecule has 0 heterocycles. The number of hydrogen-bond acceptors (Lipinski definition) is 3. The fraction of sp³-hybridized carbons (Fsp3) is 0.333. The SMILES string of the molecule is CCOC(=O)Cc1cc(C#N)cc(CCl)c1Br. The molecule has 0 amide bonds. The predicted octanol–water partition coefficient (Wildman–Crippen LogP) is 3.17. The van der Waals surface area contributed by atoms with E-state index in [2.05, 4.69) is 15.9 Å². The van der Waals surface area contributed by atoms with E-state index >= 15 is 0 Å². The van der Waals surface area contributed by atoms with Crippen molar-refractivity contribution in [2.24, 2.45) is 0 Å². The quantitative estimate of drug-likeness (QED) is 0.633. The monoisotopic (exact) mass is 315 g/mol. The Labute approximate surface area is 113 Å². The van der Waals surface area contributed by atoms with E-state index in [0.717, 1.165) is 15.6 Å². The first-order valence-electron chi connectivity index (χ1n) is 5.05. The molecule has 0 N–H and O–H groups in total. The molecule has 3 nitrogen and oxygen atoms in total. The van der Waals surface area contributed by atoms with Gasteiger partial charge in [0.05, 0.1) is 24.7 Å². The van der Waals surface area contributed by atoms with Gasteiger partial charge in [0.25, 0.3) is 0 Å². The first-order chi connectivity index (χ1) is 8.12. The topological polar surface area (TPSA) is 50.1 Å². The van der Waals surface area contributed by atoms with Gasteiger partial charge in [0.1, 0.15) is 0 Å². The Bertz CT molecular complexity index is 468. The van der Waals surface area contributed by atoms with Crippen LogP contribution in [0.1, 0.15) is 23.6 Å². The standard InChI is InChI=1S/C12H11BrClNO2/c1-2-17-11(16)5-9-3-8(7-15)4-10(6-14)12(9)13/h3-4H,2,5-6H2,1H3. The Morgan fingerprint density at radius 3 is 2.71 bits per heavy atom. The summed E-state index contributed by atoms with van der Waals surface area (Å²) in [7, 11) is 0. The molecule has 5 heteroatoms. The molecule has 1 rings (SSSR count). The highest BCUT2D eigenvalue weighted by Gasteiger charge is 2.12. The third-order valence-electron chi connectivity index (χ3n) is 2.14. The van der Waals surface area contributed by atoms with Crippen molar-refractivity contribution < 1.29 is 9.53 Å². The molecule has 0 unspecified atom stereocenters. The van der Waals surface area contributed by atoms with Crippen LogP contribution >= 0.6 is 27.5 Å². The summed E-state index contributed by atoms with van der Waals surface area (Å²) in [6.07, 6.45) is 0.133. The van der Waals surface area contributed by atoms with Crippen molar-refractivity contribution in [3.05, 3.63) is 33.3 Å². The fourth-order valence-electron chi connectivity index (χ4n) is 1.41. The molecule has 0 aliphatic rings. The molecule has 0 spiro atoms. The van der Waals surface area contributed by atoms with Crippen molar-refractivity contribution in [3.63, 3.8) is 0 Å². The summed E-state index contributed by atoms with van der Waals surface area (Å²) in [5.41, 5.74) is 2.01. The number of ether oxygens (including phenoxy) is 1. The number of nitriles is 1. The molecular formula is C12H11BrClNO2. The maximum Gasteiger partial charge on any atom is 0.310 e. The molecule has 0 saturated heterocycles. The molecule has 0 radical (unpaired) electrons. The summed E-state index contributed by atoms with van der Waals surface area (Å²) < 4.78 is 5.64. The average Bonchev–Trinajstić information content (AvgIpc) is 2.32. The van der Waals surface area contributed by atoms with Crippen LogP contribution < -0.4 is 0 Å². The smallest absolute Gasteiger partial charge is 0.310 e. The lowest BCUT2D eigenvalue weighted by atomic mass is 10.0. The minimum Gasteiger partial charge on any atom is -0.466 e. The Balaban J connectivity index is 3.06. The summed E-state index contributed by atoms with van der Waals surface area (Å²) in [6, 6.07) is 5.41. The minimum atomic E-state index is -0.316. The number of carbonyl (C=O) groups is 1. The maximum atomic E-state index is 11.4. The van der Waals surface area contributed by atoms with Gasteiger partial charge in [0.2, 0.25) is 0 Å². The first-order valence-corrected chi connectivity index (χ1v) is 6.38. The molecule has 0 aliphatic heterocycles. The number of hydrogen-bond donors (Lipinski definition) is 0. The van der Waals surface area contributed by atoms with Gasteiger partial charge in [-0.3, -0.25) is 4.79 Å². The second kappa shape index (κ2) is 6.63. The maximum absolute atomic E-state index is 11.4. The number of esters is 1. The Hall–Kier alpha value is -1.05. The summed E-state index contributed by atoms with van der Waals surface area (Å²) in [5.74, 6) is -0.0323. The van der Waals surface area contributed by atoms with Crippen LogP contribution in [-0.4, -0.2) is 12.6 Å². The number of nitrogens with zero attached hydrogens (tertiary/aromatic N) is 1. The fourth-order valence-corrected chi connectivity index (χ4v) is 2.29. The van der Waals surface area contributed by atoms with Crippen molar-refractivity contribution in [1.82, 2.24) is 0 Å². The second-order valence-electron chi connectivity index (χ2n) is 3.34. The summed E-state index contributed by atoms with van der Waals surface area (Å²) in [4.78, 5) is 11.4. The lowest BCUT2D eigenvalue weighted by molar-refractivity contribution is -0.142. The van der Waals surface area contributed by atoms with Crippen molar-refractivity contribution in [2.45, 2.75) is 19.2 Å². The van der Waals surface area contributed by atoms with Crippen LogP contribution in [0.15, 0.2) is 16.6 Å². The van der Waals surface area contributed by atoms with Gasteiger partial charge in [-0.2, -0.15) is 5.26 Å². The number of carbonyl (C=O) groups excluding carboxylic acids is 1. The normalized spacial score (nSPS) is 9.76. The van der Waals surface area contributed by atoms with Gasteiger partial charge < -0.3 is 4.74 Å². The summed E-state index contributed by atoms with van der Waals surface area (Å²) in [5, 5.41) is 8.89. The average molecular weight is 317 g/mol. The largest absolute Gasteiger partial charge is 0.466 e. The Morgan fingerprint density at radius 1 is 1.53 bits per heavy atom. The van der Waals surface area contributed by atoms with E-state index in [1.54, 1.807) is 19.1 Å². The minimum absolute atomic E-state index is 0.133. The number of benzene rings is 1. The van der Waals surface area contributed by atoms with E-state index in [0.29, 0.717) is 12.2 Å². The third-order valence-corrected chi connectivity index (χ3v) is 3.44. The van der Waals surface area contributed by atoms with Crippen LogP contribution in [-0.2, 0) is 21.8 Å². The molecule has 0 bridgehead atoms. The van der Waals surface area contributed by atoms with Crippen molar-refractivity contribution in [3.8, 4) is 6.07 Å². The van der Waals surface area contributed by atoms with Crippen molar-refractivity contribution in [2.75, 3.05) is 6.61 Å². The second-order valence-corrected chi connectivity index (χ2v) is 4.40. The lowest BCUT2D eigenvalue weighted by Crippen LogP contribution is -2.08. The summed E-state index contributed by atoms with van der Waals surface area (Å²) >= 11 is 9.16. The molecule has 90 valence electrons. The number of rotatable bonds is 4. The number of alkyl halides is 1. The summed E-state index contributed by atoms with van der Waals surface area (Å²) in [6.45, 7) is 2.10. The van der Waals surface area contributed by atoms with Crippen LogP contribution in [0.3, 0.4) is 0 Å². The van der Waals surface area contributed by atoms with Crippen LogP contribution in [0.4, 0.5) is 0 Å². The van der Waals surface area contributed by atoms with Gasteiger partial charge in [-0.05, 0) is 30.2 Å². The highest BCUT2D eigenvalue weighted by molar-refractivity contribution is 9.10. The molecule has 0 fully saturated rings. The van der Waals surface area contributed by atoms with Crippen LogP contribution in [0, 0.1) is 11.3 Å². The van der Waals surface area contributed by atoms with Crippen molar-refractivity contribution in [1.29, 1.82) is 5.26 Å². The van der Waals surface area contributed by atoms with Gasteiger partial charge in [-0.25, -0.2) is 0 Å². The van der Waals surface area contributed by atoms with Gasteiger partial charge >= 0.3 is 5.97 Å². The van der Waals surface area contributed by atoms with Gasteiger partial charge in [0, 0.05) is 10.4 Å². The predicted molar refractivity (Wildman–Crippen MR) is 68.8 cm³/mol. The third kappa shape index (κ3) is 3.72. The number of halogens is 2. The molecular weight excluding hydrogens is 305 g/mol. The van der Waals surface area contributed by atoms with Gasteiger partial charge in [-0.15, -0.1) is 11.6 Å². The molecule has 0 atom stereocenters. The molecule has 0 saturated carbocycles. The molecule has 0 aromatic heterocycles. The molecule has 17 heavy (non-hydrogen) atoms.